The number of hydrogen-bond acceptors (Lipinski definition) is 3. The molecule has 0 fully saturated rings. The lowest BCUT2D eigenvalue weighted by Gasteiger charge is -2.35. The Labute approximate surface area is 143 Å². The number of carbonyl (C=O) groups is 1. The van der Waals surface area contributed by atoms with Gasteiger partial charge in [-0.3, -0.25) is 4.79 Å². The lowest BCUT2D eigenvalue weighted by atomic mass is 9.95. The minimum absolute atomic E-state index is 0.0775. The summed E-state index contributed by atoms with van der Waals surface area (Å²) in [5, 5.41) is 0. The van der Waals surface area contributed by atoms with Crippen molar-refractivity contribution >= 4 is 21.4 Å². The van der Waals surface area contributed by atoms with E-state index in [2.05, 4.69) is 0 Å². The smallest absolute Gasteiger partial charge is 0.258 e. The van der Waals surface area contributed by atoms with E-state index in [1.165, 1.54) is 6.07 Å². The second kappa shape index (κ2) is 6.06. The number of sulfone groups is 1. The Bertz CT molecular complexity index is 903. The minimum Gasteiger partial charge on any atom is -0.305 e. The summed E-state index contributed by atoms with van der Waals surface area (Å²) in [7, 11) is -3.35. The van der Waals surface area contributed by atoms with Crippen LogP contribution in [0.1, 0.15) is 34.8 Å². The summed E-state index contributed by atoms with van der Waals surface area (Å²) < 4.78 is 23.7. The molecule has 0 bridgehead atoms. The van der Waals surface area contributed by atoms with E-state index in [4.69, 9.17) is 0 Å². The van der Waals surface area contributed by atoms with Gasteiger partial charge in [-0.25, -0.2) is 8.42 Å². The number of benzene rings is 2. The number of anilines is 1. The monoisotopic (exact) mass is 343 g/mol. The first-order valence-corrected chi connectivity index (χ1v) is 9.90. The van der Waals surface area contributed by atoms with Crippen molar-refractivity contribution in [2.45, 2.75) is 37.6 Å². The van der Waals surface area contributed by atoms with Gasteiger partial charge in [-0.15, -0.1) is 0 Å². The maximum Gasteiger partial charge on any atom is 0.258 e. The predicted octanol–water partition coefficient (Wildman–Crippen LogP) is 3.38. The molecule has 5 heteroatoms. The predicted molar refractivity (Wildman–Crippen MR) is 95.3 cm³/mol. The van der Waals surface area contributed by atoms with Crippen LogP contribution in [-0.4, -0.2) is 26.6 Å². The molecule has 1 amide bonds. The SMILES string of the molecule is Cc1ccc(S(C)(=O)=O)cc1C(=O)N1c2ccccc2CC[C@H]1C. The van der Waals surface area contributed by atoms with Crippen LogP contribution in [0.5, 0.6) is 0 Å². The quantitative estimate of drug-likeness (QED) is 0.840. The van der Waals surface area contributed by atoms with E-state index in [0.717, 1.165) is 35.9 Å². The molecule has 0 N–H and O–H groups in total. The Kier molecular flexibility index (Phi) is 4.22. The van der Waals surface area contributed by atoms with Gasteiger partial charge in [0, 0.05) is 23.5 Å². The fourth-order valence-corrected chi connectivity index (χ4v) is 3.84. The van der Waals surface area contributed by atoms with Crippen LogP contribution in [0, 0.1) is 6.92 Å². The van der Waals surface area contributed by atoms with Gasteiger partial charge in [0.1, 0.15) is 0 Å². The highest BCUT2D eigenvalue weighted by Crippen LogP contribution is 2.32. The Morgan fingerprint density at radius 1 is 1.17 bits per heavy atom. The Morgan fingerprint density at radius 2 is 1.88 bits per heavy atom. The van der Waals surface area contributed by atoms with Crippen LogP contribution < -0.4 is 4.90 Å². The van der Waals surface area contributed by atoms with Crippen LogP contribution >= 0.6 is 0 Å². The van der Waals surface area contributed by atoms with E-state index in [0.29, 0.717) is 5.56 Å². The first kappa shape index (κ1) is 16.7. The summed E-state index contributed by atoms with van der Waals surface area (Å²) in [5.41, 5.74) is 3.30. The number of rotatable bonds is 2. The number of para-hydroxylation sites is 1. The van der Waals surface area contributed by atoms with Crippen molar-refractivity contribution in [1.82, 2.24) is 0 Å². The lowest BCUT2D eigenvalue weighted by molar-refractivity contribution is 0.0974. The van der Waals surface area contributed by atoms with Crippen molar-refractivity contribution in [1.29, 1.82) is 0 Å². The molecule has 24 heavy (non-hydrogen) atoms. The molecule has 2 aromatic rings. The van der Waals surface area contributed by atoms with Crippen molar-refractivity contribution < 1.29 is 13.2 Å². The topological polar surface area (TPSA) is 54.5 Å². The first-order chi connectivity index (χ1) is 11.3. The third-order valence-corrected chi connectivity index (χ3v) is 5.72. The highest BCUT2D eigenvalue weighted by molar-refractivity contribution is 7.90. The molecule has 2 aromatic carbocycles. The van der Waals surface area contributed by atoms with Crippen LogP contribution in [0.3, 0.4) is 0 Å². The van der Waals surface area contributed by atoms with Crippen LogP contribution in [0.15, 0.2) is 47.4 Å². The largest absolute Gasteiger partial charge is 0.305 e. The van der Waals surface area contributed by atoms with Crippen LogP contribution in [0.2, 0.25) is 0 Å². The zero-order valence-electron chi connectivity index (χ0n) is 14.1. The van der Waals surface area contributed by atoms with E-state index in [1.807, 2.05) is 38.1 Å². The fourth-order valence-electron chi connectivity index (χ4n) is 3.19. The zero-order valence-corrected chi connectivity index (χ0v) is 14.9. The molecule has 0 unspecified atom stereocenters. The van der Waals surface area contributed by atoms with Crippen LogP contribution in [-0.2, 0) is 16.3 Å². The molecule has 1 heterocycles. The van der Waals surface area contributed by atoms with Gasteiger partial charge < -0.3 is 4.90 Å². The van der Waals surface area contributed by atoms with Gasteiger partial charge in [0.15, 0.2) is 9.84 Å². The van der Waals surface area contributed by atoms with E-state index >= 15 is 0 Å². The number of hydrogen-bond donors (Lipinski definition) is 0. The normalized spacial score (nSPS) is 17.5. The number of amides is 1. The molecule has 0 aromatic heterocycles. The average molecular weight is 343 g/mol. The summed E-state index contributed by atoms with van der Waals surface area (Å²) in [5.74, 6) is -0.141. The summed E-state index contributed by atoms with van der Waals surface area (Å²) in [6.07, 6.45) is 3.00. The number of fused-ring (bicyclic) bond motifs is 1. The molecule has 1 aliphatic heterocycles. The molecule has 0 saturated heterocycles. The van der Waals surface area contributed by atoms with Crippen molar-refractivity contribution in [3.8, 4) is 0 Å². The van der Waals surface area contributed by atoms with Gasteiger partial charge in [-0.05, 0) is 56.0 Å². The van der Waals surface area contributed by atoms with E-state index in [-0.39, 0.29) is 16.8 Å². The Balaban J connectivity index is 2.10. The van der Waals surface area contributed by atoms with E-state index < -0.39 is 9.84 Å². The van der Waals surface area contributed by atoms with Crippen molar-refractivity contribution in [3.05, 3.63) is 59.2 Å². The summed E-state index contributed by atoms with van der Waals surface area (Å²) in [6.45, 7) is 3.86. The van der Waals surface area contributed by atoms with Crippen molar-refractivity contribution in [2.75, 3.05) is 11.2 Å². The molecule has 0 aliphatic carbocycles. The molecule has 1 aliphatic rings. The molecular formula is C19H21NO3S. The first-order valence-electron chi connectivity index (χ1n) is 8.01. The second-order valence-corrected chi connectivity index (χ2v) is 8.46. The number of nitrogens with zero attached hydrogens (tertiary/aromatic N) is 1. The standard InChI is InChI=1S/C19H21NO3S/c1-13-8-11-16(24(3,22)23)12-17(13)19(21)20-14(2)9-10-15-6-4-5-7-18(15)20/h4-8,11-12,14H,9-10H2,1-3H3/t14-/m1/s1. The van der Waals surface area contributed by atoms with Crippen LogP contribution in [0.25, 0.3) is 0 Å². The highest BCUT2D eigenvalue weighted by Gasteiger charge is 2.29. The van der Waals surface area contributed by atoms with Crippen molar-refractivity contribution in [2.24, 2.45) is 0 Å². The molecule has 0 spiro atoms. The average Bonchev–Trinajstić information content (AvgIpc) is 2.53. The third kappa shape index (κ3) is 2.96. The molecule has 3 rings (SSSR count). The van der Waals surface area contributed by atoms with Gasteiger partial charge in [0.25, 0.3) is 5.91 Å². The summed E-state index contributed by atoms with van der Waals surface area (Å²) in [4.78, 5) is 15.2. The van der Waals surface area contributed by atoms with E-state index in [1.54, 1.807) is 17.0 Å². The van der Waals surface area contributed by atoms with Crippen molar-refractivity contribution in [3.63, 3.8) is 0 Å². The molecular weight excluding hydrogens is 322 g/mol. The van der Waals surface area contributed by atoms with Gasteiger partial charge in [-0.2, -0.15) is 0 Å². The molecule has 0 saturated carbocycles. The third-order valence-electron chi connectivity index (χ3n) is 4.61. The van der Waals surface area contributed by atoms with Gasteiger partial charge in [-0.1, -0.05) is 24.3 Å². The maximum atomic E-state index is 13.2. The molecule has 0 radical (unpaired) electrons. The Morgan fingerprint density at radius 3 is 2.58 bits per heavy atom. The minimum atomic E-state index is -3.35. The maximum absolute atomic E-state index is 13.2. The molecule has 4 nitrogen and oxygen atoms in total. The Hall–Kier alpha value is -2.14. The van der Waals surface area contributed by atoms with Gasteiger partial charge in [0.05, 0.1) is 4.90 Å². The van der Waals surface area contributed by atoms with Crippen LogP contribution in [0.4, 0.5) is 5.69 Å². The second-order valence-electron chi connectivity index (χ2n) is 6.44. The summed E-state index contributed by atoms with van der Waals surface area (Å²) >= 11 is 0. The van der Waals surface area contributed by atoms with Gasteiger partial charge >= 0.3 is 0 Å². The van der Waals surface area contributed by atoms with Gasteiger partial charge in [0.2, 0.25) is 0 Å². The molecule has 1 atom stereocenters. The lowest BCUT2D eigenvalue weighted by Crippen LogP contribution is -2.42. The number of aryl methyl sites for hydroxylation is 2. The highest BCUT2D eigenvalue weighted by atomic mass is 32.2. The fraction of sp³-hybridized carbons (Fsp3) is 0.316. The molecule has 126 valence electrons. The summed E-state index contributed by atoms with van der Waals surface area (Å²) in [6, 6.07) is 12.7. The zero-order chi connectivity index (χ0) is 17.5. The number of carbonyl (C=O) groups excluding carboxylic acids is 1. The van der Waals surface area contributed by atoms with E-state index in [9.17, 15) is 13.2 Å².